The molecule has 2 fully saturated rings. The van der Waals surface area contributed by atoms with Crippen LogP contribution < -0.4 is 10.6 Å². The molecule has 2 aliphatic rings. The molecule has 0 aromatic carbocycles. The molecule has 0 saturated carbocycles. The van der Waals surface area contributed by atoms with Gasteiger partial charge in [-0.05, 0) is 13.8 Å². The van der Waals surface area contributed by atoms with Crippen LogP contribution in [-0.4, -0.2) is 61.2 Å². The minimum Gasteiger partial charge on any atom is -0.385 e. The molecule has 2 rings (SSSR count). The van der Waals surface area contributed by atoms with Crippen molar-refractivity contribution in [2.45, 2.75) is 37.6 Å². The zero-order valence-electron chi connectivity index (χ0n) is 11.0. The Hall–Kier alpha value is -0.690. The Morgan fingerprint density at radius 1 is 1.61 bits per heavy atom. The maximum Gasteiger partial charge on any atom is 0.246 e. The van der Waals surface area contributed by atoms with Gasteiger partial charge in [-0.15, -0.1) is 0 Å². The molecule has 3 N–H and O–H groups in total. The third-order valence-corrected chi connectivity index (χ3v) is 3.80. The summed E-state index contributed by atoms with van der Waals surface area (Å²) in [5, 5.41) is 16.0. The highest BCUT2D eigenvalue weighted by Crippen LogP contribution is 2.24. The topological polar surface area (TPSA) is 79.8 Å². The van der Waals surface area contributed by atoms with E-state index >= 15 is 0 Å². The van der Waals surface area contributed by atoms with Crippen molar-refractivity contribution >= 4 is 5.91 Å². The van der Waals surface area contributed by atoms with E-state index in [2.05, 4.69) is 10.6 Å². The minimum atomic E-state index is -0.947. The van der Waals surface area contributed by atoms with Crippen molar-refractivity contribution in [2.24, 2.45) is 0 Å². The number of ether oxygens (including phenoxy) is 2. The fraction of sp³-hybridized carbons (Fsp3) is 0.917. The van der Waals surface area contributed by atoms with Crippen molar-refractivity contribution in [3.05, 3.63) is 0 Å². The van der Waals surface area contributed by atoms with E-state index in [4.69, 9.17) is 9.47 Å². The van der Waals surface area contributed by atoms with Crippen LogP contribution in [0.25, 0.3) is 0 Å². The van der Waals surface area contributed by atoms with Crippen molar-refractivity contribution in [1.82, 2.24) is 10.6 Å². The van der Waals surface area contributed by atoms with Gasteiger partial charge in [-0.3, -0.25) is 4.79 Å². The summed E-state index contributed by atoms with van der Waals surface area (Å²) in [6.45, 7) is 6.11. The number of carbonyl (C=O) groups excluding carboxylic acids is 1. The van der Waals surface area contributed by atoms with Crippen molar-refractivity contribution in [1.29, 1.82) is 0 Å². The van der Waals surface area contributed by atoms with Crippen molar-refractivity contribution < 1.29 is 19.4 Å². The number of nitrogens with one attached hydrogen (secondary N) is 2. The lowest BCUT2D eigenvalue weighted by atomic mass is 9.97. The first-order valence-electron chi connectivity index (χ1n) is 6.39. The third kappa shape index (κ3) is 3.00. The monoisotopic (exact) mass is 258 g/mol. The maximum atomic E-state index is 11.6. The van der Waals surface area contributed by atoms with Crippen LogP contribution in [0.15, 0.2) is 0 Å². The van der Waals surface area contributed by atoms with Crippen LogP contribution in [0, 0.1) is 0 Å². The average molecular weight is 258 g/mol. The first-order valence-corrected chi connectivity index (χ1v) is 6.39. The molecule has 1 amide bonds. The number of rotatable bonds is 5. The highest BCUT2D eigenvalue weighted by molar-refractivity contribution is 5.77. The van der Waals surface area contributed by atoms with Gasteiger partial charge in [0.15, 0.2) is 0 Å². The number of carbonyl (C=O) groups is 1. The fourth-order valence-corrected chi connectivity index (χ4v) is 2.12. The minimum absolute atomic E-state index is 0.0312. The van der Waals surface area contributed by atoms with Gasteiger partial charge < -0.3 is 25.2 Å². The number of aliphatic hydroxyl groups is 1. The van der Waals surface area contributed by atoms with E-state index in [0.29, 0.717) is 13.0 Å². The highest BCUT2D eigenvalue weighted by Gasteiger charge is 2.40. The molecule has 0 aliphatic carbocycles. The Balaban J connectivity index is 1.68. The molecule has 0 aromatic rings. The Morgan fingerprint density at radius 3 is 2.83 bits per heavy atom. The van der Waals surface area contributed by atoms with E-state index in [9.17, 15) is 9.90 Å². The summed E-state index contributed by atoms with van der Waals surface area (Å²) in [6, 6.07) is 0. The first kappa shape index (κ1) is 13.7. The van der Waals surface area contributed by atoms with E-state index in [1.807, 2.05) is 13.8 Å². The van der Waals surface area contributed by atoms with Crippen LogP contribution in [0.5, 0.6) is 0 Å². The van der Waals surface area contributed by atoms with E-state index in [-0.39, 0.29) is 30.8 Å². The Bertz CT molecular complexity index is 319. The van der Waals surface area contributed by atoms with Crippen LogP contribution in [0.3, 0.4) is 0 Å². The molecule has 0 radical (unpaired) electrons. The molecule has 0 spiro atoms. The molecule has 6 nitrogen and oxygen atoms in total. The van der Waals surface area contributed by atoms with E-state index in [0.717, 1.165) is 13.1 Å². The van der Waals surface area contributed by atoms with Gasteiger partial charge in [0, 0.05) is 32.7 Å². The molecular weight excluding hydrogens is 236 g/mol. The molecule has 2 unspecified atom stereocenters. The Labute approximate surface area is 107 Å². The lowest BCUT2D eigenvalue weighted by Gasteiger charge is -2.38. The summed E-state index contributed by atoms with van der Waals surface area (Å²) >= 11 is 0. The Kier molecular flexibility index (Phi) is 3.91. The van der Waals surface area contributed by atoms with Crippen molar-refractivity contribution in [2.75, 3.05) is 32.8 Å². The number of amides is 1. The van der Waals surface area contributed by atoms with Gasteiger partial charge in [-0.1, -0.05) is 0 Å². The second kappa shape index (κ2) is 5.13. The van der Waals surface area contributed by atoms with Crippen molar-refractivity contribution in [3.63, 3.8) is 0 Å². The van der Waals surface area contributed by atoms with Gasteiger partial charge in [0.25, 0.3) is 0 Å². The standard InChI is InChI=1S/C12H22N2O4/c1-9-12(16,3-4-17-9)8-14-10(15)5-18-11(2)6-13-7-11/h9,13,16H,3-8H2,1-2H3,(H,14,15). The second-order valence-electron chi connectivity index (χ2n) is 5.49. The molecule has 0 bridgehead atoms. The van der Waals surface area contributed by atoms with Gasteiger partial charge in [0.05, 0.1) is 11.7 Å². The molecule has 104 valence electrons. The largest absolute Gasteiger partial charge is 0.385 e. The molecule has 0 aromatic heterocycles. The predicted octanol–water partition coefficient (Wildman–Crippen LogP) is -0.979. The Morgan fingerprint density at radius 2 is 2.33 bits per heavy atom. The summed E-state index contributed by atoms with van der Waals surface area (Å²) in [5.74, 6) is -0.198. The predicted molar refractivity (Wildman–Crippen MR) is 65.2 cm³/mol. The summed E-state index contributed by atoms with van der Waals surface area (Å²) < 4.78 is 10.8. The van der Waals surface area contributed by atoms with Gasteiger partial charge in [0.1, 0.15) is 12.2 Å². The molecule has 18 heavy (non-hydrogen) atoms. The smallest absolute Gasteiger partial charge is 0.246 e. The van der Waals surface area contributed by atoms with Crippen LogP contribution >= 0.6 is 0 Å². The molecule has 2 heterocycles. The van der Waals surface area contributed by atoms with Crippen molar-refractivity contribution in [3.8, 4) is 0 Å². The van der Waals surface area contributed by atoms with Crippen LogP contribution in [0.4, 0.5) is 0 Å². The zero-order valence-corrected chi connectivity index (χ0v) is 11.0. The lowest BCUT2D eigenvalue weighted by Crippen LogP contribution is -2.60. The highest BCUT2D eigenvalue weighted by atomic mass is 16.5. The quantitative estimate of drug-likeness (QED) is 0.591. The number of hydrogen-bond donors (Lipinski definition) is 3. The van der Waals surface area contributed by atoms with Crippen LogP contribution in [-0.2, 0) is 14.3 Å². The SMILES string of the molecule is CC1OCCC1(O)CNC(=O)COC1(C)CNC1. The summed E-state index contributed by atoms with van der Waals surface area (Å²) in [6.07, 6.45) is 0.309. The van der Waals surface area contributed by atoms with Crippen LogP contribution in [0.2, 0.25) is 0 Å². The van der Waals surface area contributed by atoms with Gasteiger partial charge >= 0.3 is 0 Å². The number of hydrogen-bond acceptors (Lipinski definition) is 5. The van der Waals surface area contributed by atoms with Crippen LogP contribution in [0.1, 0.15) is 20.3 Å². The normalized spacial score (nSPS) is 34.1. The summed E-state index contributed by atoms with van der Waals surface area (Å²) in [4.78, 5) is 11.6. The summed E-state index contributed by atoms with van der Waals surface area (Å²) in [7, 11) is 0. The van der Waals surface area contributed by atoms with Gasteiger partial charge in [0.2, 0.25) is 5.91 Å². The van der Waals surface area contributed by atoms with Gasteiger partial charge in [-0.25, -0.2) is 0 Å². The van der Waals surface area contributed by atoms with E-state index in [1.54, 1.807) is 0 Å². The molecule has 2 saturated heterocycles. The second-order valence-corrected chi connectivity index (χ2v) is 5.49. The third-order valence-electron chi connectivity index (χ3n) is 3.80. The summed E-state index contributed by atoms with van der Waals surface area (Å²) in [5.41, 5.74) is -1.17. The molecule has 2 aliphatic heterocycles. The fourth-order valence-electron chi connectivity index (χ4n) is 2.12. The van der Waals surface area contributed by atoms with Gasteiger partial charge in [-0.2, -0.15) is 0 Å². The molecule has 2 atom stereocenters. The lowest BCUT2D eigenvalue weighted by molar-refractivity contribution is -0.137. The first-order chi connectivity index (χ1) is 8.44. The maximum absolute atomic E-state index is 11.6. The van der Waals surface area contributed by atoms with E-state index in [1.165, 1.54) is 0 Å². The zero-order chi connectivity index (χ0) is 13.2. The van der Waals surface area contributed by atoms with E-state index < -0.39 is 5.60 Å². The molecule has 6 heteroatoms. The molecular formula is C12H22N2O4. The average Bonchev–Trinajstić information content (AvgIpc) is 2.62.